The van der Waals surface area contributed by atoms with Crippen LogP contribution in [0.4, 0.5) is 0 Å². The normalized spacial score (nSPS) is 10.6. The first-order valence-electron chi connectivity index (χ1n) is 9.22. The van der Waals surface area contributed by atoms with Gasteiger partial charge in [-0.05, 0) is 42.5 Å². The molecule has 2 aromatic carbocycles. The molecular formula is C23H22ClN3. The van der Waals surface area contributed by atoms with E-state index in [1.165, 1.54) is 0 Å². The third-order valence-corrected chi connectivity index (χ3v) is 4.90. The van der Waals surface area contributed by atoms with Crippen molar-refractivity contribution in [1.82, 2.24) is 9.97 Å². The van der Waals surface area contributed by atoms with Gasteiger partial charge in [0.25, 0.3) is 0 Å². The summed E-state index contributed by atoms with van der Waals surface area (Å²) >= 11 is 6.45. The molecule has 3 rings (SSSR count). The van der Waals surface area contributed by atoms with Gasteiger partial charge in [-0.15, -0.1) is 0 Å². The number of halogens is 1. The van der Waals surface area contributed by atoms with E-state index in [0.717, 1.165) is 47.2 Å². The van der Waals surface area contributed by atoms with Gasteiger partial charge >= 0.3 is 0 Å². The number of nitrogens with zero attached hydrogens (tertiary/aromatic N) is 3. The van der Waals surface area contributed by atoms with Gasteiger partial charge in [0.1, 0.15) is 11.0 Å². The van der Waals surface area contributed by atoms with Gasteiger partial charge in [0.2, 0.25) is 0 Å². The van der Waals surface area contributed by atoms with Crippen LogP contribution in [-0.4, -0.2) is 9.97 Å². The lowest BCUT2D eigenvalue weighted by Gasteiger charge is -2.12. The summed E-state index contributed by atoms with van der Waals surface area (Å²) in [6.45, 7) is 4.03. The Morgan fingerprint density at radius 1 is 1.07 bits per heavy atom. The van der Waals surface area contributed by atoms with Crippen molar-refractivity contribution in [3.63, 3.8) is 0 Å². The first kappa shape index (κ1) is 19.1. The fraction of sp³-hybridized carbons (Fsp3) is 0.261. The van der Waals surface area contributed by atoms with Gasteiger partial charge in [-0.2, -0.15) is 5.26 Å². The molecule has 0 spiro atoms. The summed E-state index contributed by atoms with van der Waals surface area (Å²) in [6, 6.07) is 18.3. The third-order valence-electron chi connectivity index (χ3n) is 4.59. The van der Waals surface area contributed by atoms with Crippen LogP contribution < -0.4 is 0 Å². The standard InChI is InChI=1S/C23H22ClN3/c1-3-4-10-22-21(23(24)27-16(2)26-22)14-17-11-12-20(19(13-17)15-25)18-8-6-5-7-9-18/h5-9,11-13H,3-4,10,14H2,1-2H3. The van der Waals surface area contributed by atoms with Crippen LogP contribution in [0.15, 0.2) is 48.5 Å². The van der Waals surface area contributed by atoms with Crippen LogP contribution in [0.3, 0.4) is 0 Å². The summed E-state index contributed by atoms with van der Waals surface area (Å²) < 4.78 is 0. The second kappa shape index (κ2) is 8.79. The average molecular weight is 376 g/mol. The van der Waals surface area contributed by atoms with E-state index in [4.69, 9.17) is 11.6 Å². The summed E-state index contributed by atoms with van der Waals surface area (Å²) in [5.74, 6) is 0.701. The molecule has 0 bridgehead atoms. The molecule has 0 aliphatic heterocycles. The molecule has 27 heavy (non-hydrogen) atoms. The minimum absolute atomic E-state index is 0.513. The number of hydrogen-bond donors (Lipinski definition) is 0. The zero-order valence-corrected chi connectivity index (χ0v) is 16.4. The van der Waals surface area contributed by atoms with Crippen LogP contribution in [0.25, 0.3) is 11.1 Å². The van der Waals surface area contributed by atoms with Crippen molar-refractivity contribution in [1.29, 1.82) is 5.26 Å². The molecule has 0 aliphatic rings. The number of unbranched alkanes of at least 4 members (excludes halogenated alkanes) is 1. The molecule has 0 N–H and O–H groups in total. The molecular weight excluding hydrogens is 354 g/mol. The molecule has 0 radical (unpaired) electrons. The van der Waals surface area contributed by atoms with E-state index in [-0.39, 0.29) is 0 Å². The van der Waals surface area contributed by atoms with Gasteiger partial charge in [0, 0.05) is 17.7 Å². The maximum absolute atomic E-state index is 9.63. The second-order valence-electron chi connectivity index (χ2n) is 6.62. The number of benzene rings is 2. The van der Waals surface area contributed by atoms with Gasteiger partial charge in [0.15, 0.2) is 0 Å². The number of aromatic nitrogens is 2. The maximum atomic E-state index is 9.63. The summed E-state index contributed by atoms with van der Waals surface area (Å²) in [4.78, 5) is 8.95. The first-order chi connectivity index (χ1) is 13.1. The van der Waals surface area contributed by atoms with Crippen molar-refractivity contribution < 1.29 is 0 Å². The zero-order valence-electron chi connectivity index (χ0n) is 15.7. The SMILES string of the molecule is CCCCc1nc(C)nc(Cl)c1Cc1ccc(-c2ccccc2)c(C#N)c1. The van der Waals surface area contributed by atoms with Gasteiger partial charge < -0.3 is 0 Å². The van der Waals surface area contributed by atoms with E-state index in [2.05, 4.69) is 29.0 Å². The molecule has 0 unspecified atom stereocenters. The Balaban J connectivity index is 1.96. The smallest absolute Gasteiger partial charge is 0.136 e. The molecule has 0 atom stereocenters. The first-order valence-corrected chi connectivity index (χ1v) is 9.60. The number of aryl methyl sites for hydroxylation is 2. The zero-order chi connectivity index (χ0) is 19.2. The average Bonchev–Trinajstić information content (AvgIpc) is 2.69. The van der Waals surface area contributed by atoms with E-state index >= 15 is 0 Å². The summed E-state index contributed by atoms with van der Waals surface area (Å²) in [5, 5.41) is 10.1. The predicted molar refractivity (Wildman–Crippen MR) is 110 cm³/mol. The van der Waals surface area contributed by atoms with Crippen molar-refractivity contribution in [3.8, 4) is 17.2 Å². The topological polar surface area (TPSA) is 49.6 Å². The Bertz CT molecular complexity index is 975. The minimum atomic E-state index is 0.513. The predicted octanol–water partition coefficient (Wildman–Crippen LogP) is 5.91. The summed E-state index contributed by atoms with van der Waals surface area (Å²) in [6.07, 6.45) is 3.69. The molecule has 1 aromatic heterocycles. The fourth-order valence-corrected chi connectivity index (χ4v) is 3.51. The van der Waals surface area contributed by atoms with Gasteiger partial charge in [0.05, 0.1) is 11.6 Å². The van der Waals surface area contributed by atoms with Crippen LogP contribution in [0, 0.1) is 18.3 Å². The van der Waals surface area contributed by atoms with Gasteiger partial charge in [-0.3, -0.25) is 0 Å². The lowest BCUT2D eigenvalue weighted by Crippen LogP contribution is -2.05. The molecule has 0 aliphatic carbocycles. The van der Waals surface area contributed by atoms with E-state index in [1.54, 1.807) is 0 Å². The fourth-order valence-electron chi connectivity index (χ4n) is 3.21. The van der Waals surface area contributed by atoms with E-state index in [0.29, 0.717) is 23.0 Å². The molecule has 3 aromatic rings. The second-order valence-corrected chi connectivity index (χ2v) is 6.98. The Morgan fingerprint density at radius 2 is 1.85 bits per heavy atom. The van der Waals surface area contributed by atoms with Crippen molar-refractivity contribution in [2.75, 3.05) is 0 Å². The molecule has 136 valence electrons. The van der Waals surface area contributed by atoms with Gasteiger partial charge in [-0.25, -0.2) is 9.97 Å². The van der Waals surface area contributed by atoms with E-state index in [9.17, 15) is 5.26 Å². The molecule has 0 saturated carbocycles. The van der Waals surface area contributed by atoms with Gasteiger partial charge in [-0.1, -0.05) is 67.4 Å². The molecule has 0 saturated heterocycles. The Labute approximate surface area is 165 Å². The number of nitriles is 1. The largest absolute Gasteiger partial charge is 0.238 e. The highest BCUT2D eigenvalue weighted by Gasteiger charge is 2.14. The maximum Gasteiger partial charge on any atom is 0.136 e. The van der Waals surface area contributed by atoms with Crippen molar-refractivity contribution in [2.45, 2.75) is 39.5 Å². The number of hydrogen-bond acceptors (Lipinski definition) is 3. The molecule has 4 heteroatoms. The molecule has 0 fully saturated rings. The summed E-state index contributed by atoms with van der Waals surface area (Å²) in [5.41, 5.74) is 5.67. The molecule has 3 nitrogen and oxygen atoms in total. The van der Waals surface area contributed by atoms with E-state index < -0.39 is 0 Å². The third kappa shape index (κ3) is 4.53. The quantitative estimate of drug-likeness (QED) is 0.503. The monoisotopic (exact) mass is 375 g/mol. The van der Waals surface area contributed by atoms with Crippen molar-refractivity contribution >= 4 is 11.6 Å². The van der Waals surface area contributed by atoms with Crippen molar-refractivity contribution in [2.24, 2.45) is 0 Å². The Kier molecular flexibility index (Phi) is 6.21. The minimum Gasteiger partial charge on any atom is -0.238 e. The van der Waals surface area contributed by atoms with Crippen LogP contribution in [-0.2, 0) is 12.8 Å². The molecule has 0 amide bonds. The van der Waals surface area contributed by atoms with Crippen LogP contribution in [0.2, 0.25) is 5.15 Å². The summed E-state index contributed by atoms with van der Waals surface area (Å²) in [7, 11) is 0. The molecule has 1 heterocycles. The van der Waals surface area contributed by atoms with Crippen LogP contribution in [0.1, 0.15) is 48.0 Å². The lowest BCUT2D eigenvalue weighted by atomic mass is 9.95. The number of rotatable bonds is 6. The highest BCUT2D eigenvalue weighted by atomic mass is 35.5. The van der Waals surface area contributed by atoms with Crippen LogP contribution in [0.5, 0.6) is 0 Å². The Morgan fingerprint density at radius 3 is 2.56 bits per heavy atom. The highest BCUT2D eigenvalue weighted by Crippen LogP contribution is 2.27. The Hall–Kier alpha value is -2.70. The van der Waals surface area contributed by atoms with Crippen molar-refractivity contribution in [3.05, 3.63) is 81.9 Å². The van der Waals surface area contributed by atoms with Crippen LogP contribution >= 0.6 is 11.6 Å². The lowest BCUT2D eigenvalue weighted by molar-refractivity contribution is 0.757. The van der Waals surface area contributed by atoms with E-state index in [1.807, 2.05) is 49.4 Å². The highest BCUT2D eigenvalue weighted by molar-refractivity contribution is 6.30.